The maximum absolute atomic E-state index is 13.1. The van der Waals surface area contributed by atoms with Crippen LogP contribution in [0.15, 0.2) is 82.6 Å². The molecule has 0 atom stereocenters. The third kappa shape index (κ3) is 5.09. The van der Waals surface area contributed by atoms with Crippen LogP contribution in [0.3, 0.4) is 0 Å². The smallest absolute Gasteiger partial charge is 0.261 e. The molecule has 0 unspecified atom stereocenters. The number of imidazole rings is 1. The zero-order chi connectivity index (χ0) is 22.7. The molecule has 1 aliphatic rings. The number of nitrogens with one attached hydrogen (secondary N) is 2. The largest absolute Gasteiger partial charge is 0.342 e. The first kappa shape index (κ1) is 22.0. The maximum atomic E-state index is 13.1. The zero-order valence-electron chi connectivity index (χ0n) is 18.3. The lowest BCUT2D eigenvalue weighted by Gasteiger charge is -2.18. The highest BCUT2D eigenvalue weighted by atomic mass is 32.2. The molecule has 170 valence electrons. The van der Waals surface area contributed by atoms with Crippen LogP contribution < -0.4 is 4.72 Å². The summed E-state index contributed by atoms with van der Waals surface area (Å²) in [4.78, 5) is 9.51. The van der Waals surface area contributed by atoms with Gasteiger partial charge in [-0.05, 0) is 42.7 Å². The van der Waals surface area contributed by atoms with E-state index in [1.165, 1.54) is 24.8 Å². The lowest BCUT2D eigenvalue weighted by atomic mass is 9.89. The van der Waals surface area contributed by atoms with Crippen molar-refractivity contribution in [3.8, 4) is 0 Å². The summed E-state index contributed by atoms with van der Waals surface area (Å²) < 4.78 is 29.0. The van der Waals surface area contributed by atoms with Gasteiger partial charge < -0.3 is 4.98 Å². The first-order valence-electron chi connectivity index (χ1n) is 11.4. The summed E-state index contributed by atoms with van der Waals surface area (Å²) in [5.41, 5.74) is 3.50. The fourth-order valence-electron chi connectivity index (χ4n) is 4.36. The number of hydrogen-bond acceptors (Lipinski definition) is 4. The van der Waals surface area contributed by atoms with E-state index in [0.29, 0.717) is 11.6 Å². The maximum Gasteiger partial charge on any atom is 0.261 e. The van der Waals surface area contributed by atoms with E-state index in [1.54, 1.807) is 36.0 Å². The Balaban J connectivity index is 1.50. The molecule has 1 aliphatic carbocycles. The highest BCUT2D eigenvalue weighted by Crippen LogP contribution is 2.37. The fourth-order valence-corrected chi connectivity index (χ4v) is 6.50. The van der Waals surface area contributed by atoms with Crippen LogP contribution in [0, 0.1) is 0 Å². The molecule has 0 radical (unpaired) electrons. The number of benzene rings is 3. The molecule has 0 bridgehead atoms. The monoisotopic (exact) mass is 477 g/mol. The predicted octanol–water partition coefficient (Wildman–Crippen LogP) is 6.70. The number of sulfonamides is 1. The molecule has 5 nitrogen and oxygen atoms in total. The molecular formula is C26H27N3O2S2. The Labute approximate surface area is 199 Å². The molecule has 2 N–H and O–H groups in total. The molecule has 0 amide bonds. The van der Waals surface area contributed by atoms with Crippen LogP contribution in [0.5, 0.6) is 0 Å². The van der Waals surface area contributed by atoms with E-state index in [4.69, 9.17) is 4.98 Å². The summed E-state index contributed by atoms with van der Waals surface area (Å²) >= 11 is 1.62. The van der Waals surface area contributed by atoms with Crippen molar-refractivity contribution in [3.63, 3.8) is 0 Å². The van der Waals surface area contributed by atoms with Gasteiger partial charge in [-0.2, -0.15) is 0 Å². The Hall–Kier alpha value is -2.77. The number of thioether (sulfide) groups is 1. The lowest BCUT2D eigenvalue weighted by molar-refractivity contribution is 0.431. The van der Waals surface area contributed by atoms with E-state index in [0.717, 1.165) is 40.3 Å². The number of anilines is 1. The summed E-state index contributed by atoms with van der Waals surface area (Å²) in [5.74, 6) is 2.22. The minimum atomic E-state index is -3.70. The van der Waals surface area contributed by atoms with Crippen molar-refractivity contribution >= 4 is 38.5 Å². The predicted molar refractivity (Wildman–Crippen MR) is 135 cm³/mol. The van der Waals surface area contributed by atoms with Gasteiger partial charge in [0, 0.05) is 16.6 Å². The van der Waals surface area contributed by atoms with Gasteiger partial charge in [0.2, 0.25) is 0 Å². The second kappa shape index (κ2) is 9.61. The summed E-state index contributed by atoms with van der Waals surface area (Å²) in [7, 11) is -3.70. The molecule has 1 heterocycles. The van der Waals surface area contributed by atoms with E-state index in [2.05, 4.69) is 21.8 Å². The summed E-state index contributed by atoms with van der Waals surface area (Å²) in [6.45, 7) is 0. The molecule has 3 aromatic carbocycles. The van der Waals surface area contributed by atoms with Crippen molar-refractivity contribution in [1.82, 2.24) is 9.97 Å². The molecule has 33 heavy (non-hydrogen) atoms. The molecule has 0 spiro atoms. The minimum absolute atomic E-state index is 0.244. The van der Waals surface area contributed by atoms with Crippen molar-refractivity contribution in [2.45, 2.75) is 53.6 Å². The van der Waals surface area contributed by atoms with E-state index >= 15 is 0 Å². The number of aromatic amines is 1. The highest BCUT2D eigenvalue weighted by molar-refractivity contribution is 7.98. The van der Waals surface area contributed by atoms with Gasteiger partial charge in [-0.1, -0.05) is 67.8 Å². The number of H-pyrrole nitrogens is 1. The zero-order valence-corrected chi connectivity index (χ0v) is 20.0. The first-order valence-corrected chi connectivity index (χ1v) is 13.8. The van der Waals surface area contributed by atoms with Gasteiger partial charge >= 0.3 is 0 Å². The first-order chi connectivity index (χ1) is 16.1. The average molecular weight is 478 g/mol. The number of aromatic nitrogens is 2. The fraction of sp³-hybridized carbons (Fsp3) is 0.269. The normalized spacial score (nSPS) is 15.0. The Bertz CT molecular complexity index is 1330. The van der Waals surface area contributed by atoms with Crippen LogP contribution in [-0.2, 0) is 15.8 Å². The number of nitrogens with zero attached hydrogens (tertiary/aromatic N) is 1. The van der Waals surface area contributed by atoms with Crippen molar-refractivity contribution in [3.05, 3.63) is 84.2 Å². The van der Waals surface area contributed by atoms with Crippen LogP contribution in [0.2, 0.25) is 0 Å². The number of fused-ring (bicyclic) bond motifs is 1. The van der Waals surface area contributed by atoms with E-state index in [1.807, 2.05) is 36.4 Å². The molecule has 4 aromatic rings. The molecule has 1 fully saturated rings. The van der Waals surface area contributed by atoms with E-state index in [-0.39, 0.29) is 4.90 Å². The molecular weight excluding hydrogens is 450 g/mol. The Morgan fingerprint density at radius 2 is 1.64 bits per heavy atom. The van der Waals surface area contributed by atoms with Crippen LogP contribution >= 0.6 is 11.8 Å². The third-order valence-corrected chi connectivity index (χ3v) is 8.64. The molecule has 0 aliphatic heterocycles. The summed E-state index contributed by atoms with van der Waals surface area (Å²) in [6, 6.07) is 22.6. The van der Waals surface area contributed by atoms with Gasteiger partial charge in [0.25, 0.3) is 10.0 Å². The van der Waals surface area contributed by atoms with Crippen LogP contribution in [0.25, 0.3) is 11.0 Å². The highest BCUT2D eigenvalue weighted by Gasteiger charge is 2.21. The quantitative estimate of drug-likeness (QED) is 0.290. The topological polar surface area (TPSA) is 74.8 Å². The summed E-state index contributed by atoms with van der Waals surface area (Å²) in [6.07, 6.45) is 6.08. The lowest BCUT2D eigenvalue weighted by Crippen LogP contribution is -2.13. The average Bonchev–Trinajstić information content (AvgIpc) is 3.27. The van der Waals surface area contributed by atoms with Gasteiger partial charge in [-0.3, -0.25) is 4.72 Å². The molecule has 5 rings (SSSR count). The van der Waals surface area contributed by atoms with Crippen molar-refractivity contribution in [2.75, 3.05) is 4.72 Å². The molecule has 1 saturated carbocycles. The van der Waals surface area contributed by atoms with E-state index in [9.17, 15) is 8.42 Å². The van der Waals surface area contributed by atoms with Crippen molar-refractivity contribution in [1.29, 1.82) is 0 Å². The number of rotatable bonds is 7. The minimum Gasteiger partial charge on any atom is -0.342 e. The molecule has 0 saturated heterocycles. The van der Waals surface area contributed by atoms with Gasteiger partial charge in [0.05, 0.1) is 21.6 Å². The van der Waals surface area contributed by atoms with Crippen LogP contribution in [0.1, 0.15) is 49.4 Å². The number of hydrogen-bond donors (Lipinski definition) is 2. The van der Waals surface area contributed by atoms with Crippen LogP contribution in [0.4, 0.5) is 5.69 Å². The van der Waals surface area contributed by atoms with E-state index < -0.39 is 10.0 Å². The Kier molecular flexibility index (Phi) is 6.42. The molecule has 1 aromatic heterocycles. The Morgan fingerprint density at radius 3 is 2.36 bits per heavy atom. The van der Waals surface area contributed by atoms with Gasteiger partial charge in [0.15, 0.2) is 0 Å². The Morgan fingerprint density at radius 1 is 0.939 bits per heavy atom. The van der Waals surface area contributed by atoms with Gasteiger partial charge in [0.1, 0.15) is 5.82 Å². The summed E-state index contributed by atoms with van der Waals surface area (Å²) in [5, 5.41) is 0. The second-order valence-corrected chi connectivity index (χ2v) is 11.2. The van der Waals surface area contributed by atoms with Crippen molar-refractivity contribution < 1.29 is 8.42 Å². The molecule has 7 heteroatoms. The SMILES string of the molecule is O=S(=O)(Nc1cc2nc(C3CCCCC3)[nH]c2cc1SCc1ccccc1)c1ccccc1. The third-order valence-electron chi connectivity index (χ3n) is 6.13. The van der Waals surface area contributed by atoms with Gasteiger partial charge in [-0.25, -0.2) is 13.4 Å². The van der Waals surface area contributed by atoms with Crippen molar-refractivity contribution in [2.24, 2.45) is 0 Å². The van der Waals surface area contributed by atoms with Gasteiger partial charge in [-0.15, -0.1) is 11.8 Å². The second-order valence-electron chi connectivity index (χ2n) is 8.52. The standard InChI is InChI=1S/C26H27N3O2S2/c30-33(31,21-14-8-3-9-15-21)29-24-16-22-23(28-26(27-22)20-12-6-2-7-13-20)17-25(24)32-18-19-10-4-1-5-11-19/h1,3-5,8-11,14-17,20,29H,2,6-7,12-13,18H2,(H,27,28). The van der Waals surface area contributed by atoms with Crippen LogP contribution in [-0.4, -0.2) is 18.4 Å².